The zero-order chi connectivity index (χ0) is 28.2. The van der Waals surface area contributed by atoms with Gasteiger partial charge in [-0.2, -0.15) is 0 Å². The van der Waals surface area contributed by atoms with Crippen LogP contribution in [-0.4, -0.2) is 22.0 Å². The van der Waals surface area contributed by atoms with Crippen LogP contribution in [0.2, 0.25) is 0 Å². The molecular weight excluding hydrogens is 512 g/mol. The summed E-state index contributed by atoms with van der Waals surface area (Å²) in [5, 5.41) is 22.3. The molecule has 0 aliphatic carbocycles. The van der Waals surface area contributed by atoms with Crippen LogP contribution in [0.3, 0.4) is 0 Å². The SMILES string of the molecule is C=Cc1cccc(CC(=O)NC(=C)SC(=C)CCCC(=N)SC(=N)NC(=O)Cc2cccc(C)c2C)c1C. The van der Waals surface area contributed by atoms with E-state index < -0.39 is 0 Å². The standard InChI is InChI=1S/C30H36N4O2S2/c1-7-24-13-10-15-26(22(24)5)18-28(35)33-23(6)37-20(3)12-9-16-27(31)38-30(32)34-29(36)17-25-14-8-11-19(2)21(25)4/h7-8,10-11,13-15,31H,1,3,6,9,12,16-18H2,2,4-5H3,(H,33,35)(H2,32,34,36). The summed E-state index contributed by atoms with van der Waals surface area (Å²) >= 11 is 2.26. The minimum absolute atomic E-state index is 0.0524. The minimum Gasteiger partial charge on any atom is -0.321 e. The fourth-order valence-corrected chi connectivity index (χ4v) is 5.15. The predicted molar refractivity (Wildman–Crippen MR) is 164 cm³/mol. The lowest BCUT2D eigenvalue weighted by atomic mass is 10.00. The number of hydrogen-bond acceptors (Lipinski definition) is 6. The average Bonchev–Trinajstić information content (AvgIpc) is 2.83. The highest BCUT2D eigenvalue weighted by Gasteiger charge is 2.12. The van der Waals surface area contributed by atoms with E-state index in [0.717, 1.165) is 50.0 Å². The first-order valence-corrected chi connectivity index (χ1v) is 13.9. The van der Waals surface area contributed by atoms with E-state index in [1.807, 2.05) is 57.2 Å². The summed E-state index contributed by atoms with van der Waals surface area (Å²) in [6.45, 7) is 17.7. The first kappa shape index (κ1) is 30.9. The molecule has 0 saturated carbocycles. The molecule has 8 heteroatoms. The number of benzene rings is 2. The predicted octanol–water partition coefficient (Wildman–Crippen LogP) is 6.81. The molecule has 0 aromatic heterocycles. The first-order valence-electron chi connectivity index (χ1n) is 12.2. The van der Waals surface area contributed by atoms with E-state index in [0.29, 0.717) is 29.3 Å². The summed E-state index contributed by atoms with van der Waals surface area (Å²) < 4.78 is 0. The Morgan fingerprint density at radius 1 is 0.868 bits per heavy atom. The molecule has 2 aromatic carbocycles. The van der Waals surface area contributed by atoms with Gasteiger partial charge in [0.25, 0.3) is 0 Å². The summed E-state index contributed by atoms with van der Waals surface area (Å²) in [5.41, 5.74) is 6.12. The second-order valence-electron chi connectivity index (χ2n) is 8.92. The van der Waals surface area contributed by atoms with Crippen molar-refractivity contribution in [3.63, 3.8) is 0 Å². The fourth-order valence-electron chi connectivity index (χ4n) is 3.73. The van der Waals surface area contributed by atoms with Gasteiger partial charge in [-0.3, -0.25) is 20.4 Å². The van der Waals surface area contributed by atoms with Crippen molar-refractivity contribution in [2.45, 2.75) is 52.9 Å². The van der Waals surface area contributed by atoms with Gasteiger partial charge in [0, 0.05) is 0 Å². The maximum atomic E-state index is 12.5. The summed E-state index contributed by atoms with van der Waals surface area (Å²) in [6, 6.07) is 11.6. The van der Waals surface area contributed by atoms with Gasteiger partial charge in [-0.25, -0.2) is 0 Å². The van der Waals surface area contributed by atoms with Gasteiger partial charge in [0.1, 0.15) is 0 Å². The van der Waals surface area contributed by atoms with Crippen LogP contribution in [0.25, 0.3) is 6.08 Å². The third-order valence-electron chi connectivity index (χ3n) is 6.01. The lowest BCUT2D eigenvalue weighted by Crippen LogP contribution is -2.30. The van der Waals surface area contributed by atoms with Crippen molar-refractivity contribution >= 4 is 51.6 Å². The molecule has 0 saturated heterocycles. The topological polar surface area (TPSA) is 106 Å². The van der Waals surface area contributed by atoms with Gasteiger partial charge >= 0.3 is 0 Å². The highest BCUT2D eigenvalue weighted by atomic mass is 32.2. The second kappa shape index (κ2) is 15.1. The van der Waals surface area contributed by atoms with Crippen molar-refractivity contribution in [3.05, 3.63) is 99.4 Å². The molecule has 0 unspecified atom stereocenters. The van der Waals surface area contributed by atoms with Gasteiger partial charge in [0.15, 0.2) is 5.17 Å². The van der Waals surface area contributed by atoms with Crippen LogP contribution < -0.4 is 10.6 Å². The van der Waals surface area contributed by atoms with E-state index in [1.165, 1.54) is 11.8 Å². The highest BCUT2D eigenvalue weighted by molar-refractivity contribution is 8.26. The number of nitrogens with one attached hydrogen (secondary N) is 4. The molecule has 4 N–H and O–H groups in total. The average molecular weight is 549 g/mol. The normalized spacial score (nSPS) is 10.4. The minimum atomic E-state index is -0.266. The van der Waals surface area contributed by atoms with Crippen molar-refractivity contribution in [3.8, 4) is 0 Å². The van der Waals surface area contributed by atoms with Gasteiger partial charge in [-0.05, 0) is 90.1 Å². The molecule has 2 amide bonds. The van der Waals surface area contributed by atoms with E-state index in [9.17, 15) is 9.59 Å². The molecule has 0 spiro atoms. The molecule has 0 atom stereocenters. The Morgan fingerprint density at radius 3 is 2.13 bits per heavy atom. The first-order chi connectivity index (χ1) is 18.0. The molecule has 0 fully saturated rings. The lowest BCUT2D eigenvalue weighted by molar-refractivity contribution is -0.120. The van der Waals surface area contributed by atoms with Crippen molar-refractivity contribution in [1.29, 1.82) is 10.8 Å². The third kappa shape index (κ3) is 10.2. The number of carbonyl (C=O) groups is 2. The summed E-state index contributed by atoms with van der Waals surface area (Å²) in [4.78, 5) is 25.6. The monoisotopic (exact) mass is 548 g/mol. The quantitative estimate of drug-likeness (QED) is 0.173. The molecule has 0 aliphatic rings. The number of allylic oxidation sites excluding steroid dienone is 1. The highest BCUT2D eigenvalue weighted by Crippen LogP contribution is 2.26. The van der Waals surface area contributed by atoms with Crippen LogP contribution in [0.15, 0.2) is 66.1 Å². The van der Waals surface area contributed by atoms with Crippen LogP contribution in [0.5, 0.6) is 0 Å². The maximum absolute atomic E-state index is 12.5. The van der Waals surface area contributed by atoms with E-state index >= 15 is 0 Å². The number of hydrogen-bond donors (Lipinski definition) is 4. The molecule has 0 radical (unpaired) electrons. The van der Waals surface area contributed by atoms with Crippen molar-refractivity contribution in [1.82, 2.24) is 10.6 Å². The maximum Gasteiger partial charge on any atom is 0.230 e. The van der Waals surface area contributed by atoms with Crippen LogP contribution in [0, 0.1) is 31.6 Å². The molecular formula is C30H36N4O2S2. The smallest absolute Gasteiger partial charge is 0.230 e. The van der Waals surface area contributed by atoms with Crippen molar-refractivity contribution < 1.29 is 9.59 Å². The summed E-state index contributed by atoms with van der Waals surface area (Å²) in [7, 11) is 0. The Balaban J connectivity index is 1.67. The number of aryl methyl sites for hydroxylation is 1. The van der Waals surface area contributed by atoms with Gasteiger partial charge in [0.05, 0.1) is 22.9 Å². The zero-order valence-electron chi connectivity index (χ0n) is 22.3. The molecule has 200 valence electrons. The molecule has 2 aromatic rings. The fraction of sp³-hybridized carbons (Fsp3) is 0.267. The van der Waals surface area contributed by atoms with Crippen molar-refractivity contribution in [2.75, 3.05) is 0 Å². The molecule has 6 nitrogen and oxygen atoms in total. The summed E-state index contributed by atoms with van der Waals surface area (Å²) in [6.07, 6.45) is 3.98. The van der Waals surface area contributed by atoms with Gasteiger partial charge < -0.3 is 10.6 Å². The molecule has 0 aliphatic heterocycles. The number of carbonyl (C=O) groups excluding carboxylic acids is 2. The van der Waals surface area contributed by atoms with Gasteiger partial charge in [0.2, 0.25) is 11.8 Å². The van der Waals surface area contributed by atoms with Crippen LogP contribution >= 0.6 is 23.5 Å². The van der Waals surface area contributed by atoms with E-state index in [-0.39, 0.29) is 29.8 Å². The number of thioether (sulfide) groups is 2. The second-order valence-corrected chi connectivity index (χ2v) is 11.3. The van der Waals surface area contributed by atoms with Gasteiger partial charge in [-0.1, -0.05) is 74.0 Å². The van der Waals surface area contributed by atoms with Crippen LogP contribution in [-0.2, 0) is 22.4 Å². The Labute approximate surface area is 234 Å². The number of amides is 2. The third-order valence-corrected chi connectivity index (χ3v) is 7.61. The number of amidine groups is 1. The lowest BCUT2D eigenvalue weighted by Gasteiger charge is -2.12. The molecule has 38 heavy (non-hydrogen) atoms. The Bertz CT molecular complexity index is 1270. The molecule has 0 bridgehead atoms. The van der Waals surface area contributed by atoms with E-state index in [2.05, 4.69) is 30.4 Å². The Kier molecular flexibility index (Phi) is 12.3. The Morgan fingerprint density at radius 2 is 1.47 bits per heavy atom. The largest absolute Gasteiger partial charge is 0.321 e. The van der Waals surface area contributed by atoms with Gasteiger partial charge in [-0.15, -0.1) is 0 Å². The zero-order valence-corrected chi connectivity index (χ0v) is 24.0. The Hall–Kier alpha value is -3.36. The number of rotatable bonds is 12. The summed E-state index contributed by atoms with van der Waals surface area (Å²) in [5.74, 6) is -0.409. The molecule has 0 heterocycles. The van der Waals surface area contributed by atoms with Crippen LogP contribution in [0.1, 0.15) is 52.6 Å². The van der Waals surface area contributed by atoms with Crippen LogP contribution in [0.4, 0.5) is 0 Å². The van der Waals surface area contributed by atoms with E-state index in [4.69, 9.17) is 10.8 Å². The molecule has 2 rings (SSSR count). The van der Waals surface area contributed by atoms with Crippen molar-refractivity contribution in [2.24, 2.45) is 0 Å². The van der Waals surface area contributed by atoms with E-state index in [1.54, 1.807) is 6.08 Å².